The molecule has 1 amide bonds. The van der Waals surface area contributed by atoms with Gasteiger partial charge in [0.15, 0.2) is 0 Å². The Balaban J connectivity index is 2.08. The number of para-hydroxylation sites is 1. The maximum absolute atomic E-state index is 12.3. The number of aryl methyl sites for hydroxylation is 1. The third-order valence-electron chi connectivity index (χ3n) is 3.96. The van der Waals surface area contributed by atoms with Gasteiger partial charge in [0.1, 0.15) is 5.75 Å². The number of carbonyl (C=O) groups excluding carboxylic acids is 1. The number of carboxylic acids is 1. The van der Waals surface area contributed by atoms with Crippen molar-refractivity contribution in [2.45, 2.75) is 13.3 Å². The lowest BCUT2D eigenvalue weighted by molar-refractivity contribution is -0.141. The predicted molar refractivity (Wildman–Crippen MR) is 96.3 cm³/mol. The van der Waals surface area contributed by atoms with Gasteiger partial charge in [-0.3, -0.25) is 9.59 Å². The van der Waals surface area contributed by atoms with E-state index in [9.17, 15) is 14.7 Å². The zero-order valence-corrected chi connectivity index (χ0v) is 14.8. The highest BCUT2D eigenvalue weighted by atomic mass is 35.5. The molecule has 0 aliphatic carbocycles. The zero-order chi connectivity index (χ0) is 18.4. The van der Waals surface area contributed by atoms with Gasteiger partial charge in [0.05, 0.1) is 13.0 Å². The number of methoxy groups -OCH3 is 1. The Morgan fingerprint density at radius 2 is 1.96 bits per heavy atom. The first-order chi connectivity index (χ1) is 11.9. The summed E-state index contributed by atoms with van der Waals surface area (Å²) in [5, 5.41) is 12.6. The number of carboxylic acid groups (broad SMARTS) is 1. The summed E-state index contributed by atoms with van der Waals surface area (Å²) < 4.78 is 5.25. The largest absolute Gasteiger partial charge is 0.496 e. The Kier molecular flexibility index (Phi) is 6.42. The minimum Gasteiger partial charge on any atom is -0.496 e. The summed E-state index contributed by atoms with van der Waals surface area (Å²) in [6.45, 7) is 1.81. The van der Waals surface area contributed by atoms with E-state index in [0.29, 0.717) is 16.3 Å². The summed E-state index contributed by atoms with van der Waals surface area (Å²) >= 11 is 5.93. The quantitative estimate of drug-likeness (QED) is 0.793. The van der Waals surface area contributed by atoms with Crippen LogP contribution in [0.1, 0.15) is 21.5 Å². The van der Waals surface area contributed by atoms with E-state index >= 15 is 0 Å². The number of amides is 1. The van der Waals surface area contributed by atoms with Crippen LogP contribution in [-0.4, -0.2) is 30.6 Å². The number of carbonyl (C=O) groups is 2. The van der Waals surface area contributed by atoms with E-state index < -0.39 is 11.9 Å². The molecular formula is C19H20ClNO4. The lowest BCUT2D eigenvalue weighted by Crippen LogP contribution is -2.34. The van der Waals surface area contributed by atoms with Crippen LogP contribution >= 0.6 is 11.6 Å². The summed E-state index contributed by atoms with van der Waals surface area (Å²) in [4.78, 5) is 23.9. The Labute approximate surface area is 151 Å². The van der Waals surface area contributed by atoms with Crippen LogP contribution in [0.15, 0.2) is 42.5 Å². The number of hydrogen-bond acceptors (Lipinski definition) is 3. The molecule has 2 aromatic carbocycles. The number of halogens is 1. The first-order valence-corrected chi connectivity index (χ1v) is 8.19. The van der Waals surface area contributed by atoms with Gasteiger partial charge in [-0.2, -0.15) is 0 Å². The molecule has 0 aliphatic heterocycles. The van der Waals surface area contributed by atoms with Gasteiger partial charge in [0.25, 0.3) is 5.91 Å². The minimum absolute atomic E-state index is 0.0121. The molecule has 1 unspecified atom stereocenters. The van der Waals surface area contributed by atoms with E-state index in [-0.39, 0.29) is 18.9 Å². The fraction of sp³-hybridized carbons (Fsp3) is 0.263. The zero-order valence-electron chi connectivity index (χ0n) is 14.1. The van der Waals surface area contributed by atoms with Crippen LogP contribution in [0.4, 0.5) is 0 Å². The number of hydrogen-bond donors (Lipinski definition) is 2. The monoisotopic (exact) mass is 361 g/mol. The number of nitrogens with one attached hydrogen (secondary N) is 1. The van der Waals surface area contributed by atoms with Crippen LogP contribution in [0.25, 0.3) is 0 Å². The summed E-state index contributed by atoms with van der Waals surface area (Å²) in [5.74, 6) is -1.45. The number of benzene rings is 2. The normalized spacial score (nSPS) is 11.6. The molecule has 0 bridgehead atoms. The molecule has 0 spiro atoms. The third-order valence-corrected chi connectivity index (χ3v) is 4.20. The van der Waals surface area contributed by atoms with E-state index in [1.807, 2.05) is 18.2 Å². The van der Waals surface area contributed by atoms with Crippen LogP contribution < -0.4 is 10.1 Å². The van der Waals surface area contributed by atoms with Crippen LogP contribution in [0.5, 0.6) is 5.75 Å². The van der Waals surface area contributed by atoms with Gasteiger partial charge in [-0.25, -0.2) is 0 Å². The van der Waals surface area contributed by atoms with E-state index in [4.69, 9.17) is 16.3 Å². The molecule has 2 aromatic rings. The SMILES string of the molecule is COc1ccccc1CC(CNC(=O)c1cc(Cl)ccc1C)C(=O)O. The number of rotatable bonds is 7. The fourth-order valence-electron chi connectivity index (χ4n) is 2.53. The van der Waals surface area contributed by atoms with Gasteiger partial charge < -0.3 is 15.2 Å². The van der Waals surface area contributed by atoms with Gasteiger partial charge in [0.2, 0.25) is 0 Å². The molecule has 0 saturated heterocycles. The van der Waals surface area contributed by atoms with Crippen molar-refractivity contribution in [1.29, 1.82) is 0 Å². The molecule has 2 N–H and O–H groups in total. The molecule has 5 nitrogen and oxygen atoms in total. The molecular weight excluding hydrogens is 342 g/mol. The van der Waals surface area contributed by atoms with Crippen molar-refractivity contribution in [3.8, 4) is 5.75 Å². The summed E-state index contributed by atoms with van der Waals surface area (Å²) in [6.07, 6.45) is 0.258. The van der Waals surface area contributed by atoms with Crippen molar-refractivity contribution < 1.29 is 19.4 Å². The Morgan fingerprint density at radius 3 is 2.64 bits per heavy atom. The lowest BCUT2D eigenvalue weighted by Gasteiger charge is -2.16. The third kappa shape index (κ3) is 4.97. The molecule has 0 saturated carbocycles. The molecule has 6 heteroatoms. The van der Waals surface area contributed by atoms with Crippen LogP contribution in [0.2, 0.25) is 5.02 Å². The molecule has 0 radical (unpaired) electrons. The second-order valence-electron chi connectivity index (χ2n) is 5.72. The van der Waals surface area contributed by atoms with Gasteiger partial charge in [-0.05, 0) is 42.7 Å². The van der Waals surface area contributed by atoms with Gasteiger partial charge in [-0.15, -0.1) is 0 Å². The predicted octanol–water partition coefficient (Wildman–Crippen LogP) is 3.33. The summed E-state index contributed by atoms with van der Waals surface area (Å²) in [5.41, 5.74) is 2.00. The van der Waals surface area contributed by atoms with Gasteiger partial charge >= 0.3 is 5.97 Å². The molecule has 25 heavy (non-hydrogen) atoms. The van der Waals surface area contributed by atoms with Crippen molar-refractivity contribution in [1.82, 2.24) is 5.32 Å². The van der Waals surface area contributed by atoms with Crippen molar-refractivity contribution in [3.63, 3.8) is 0 Å². The molecule has 0 aliphatic rings. The smallest absolute Gasteiger partial charge is 0.308 e. The van der Waals surface area contributed by atoms with Crippen molar-refractivity contribution >= 4 is 23.5 Å². The molecule has 0 aromatic heterocycles. The van der Waals surface area contributed by atoms with Crippen molar-refractivity contribution in [2.24, 2.45) is 5.92 Å². The van der Waals surface area contributed by atoms with Gasteiger partial charge in [-0.1, -0.05) is 35.9 Å². The van der Waals surface area contributed by atoms with Crippen molar-refractivity contribution in [3.05, 3.63) is 64.2 Å². The van der Waals surface area contributed by atoms with Crippen molar-refractivity contribution in [2.75, 3.05) is 13.7 Å². The second kappa shape index (κ2) is 8.53. The van der Waals surface area contributed by atoms with E-state index in [2.05, 4.69) is 5.32 Å². The molecule has 0 heterocycles. The van der Waals surface area contributed by atoms with Gasteiger partial charge in [0, 0.05) is 17.1 Å². The lowest BCUT2D eigenvalue weighted by atomic mass is 9.98. The number of aliphatic carboxylic acids is 1. The second-order valence-corrected chi connectivity index (χ2v) is 6.16. The fourth-order valence-corrected chi connectivity index (χ4v) is 2.71. The Hall–Kier alpha value is -2.53. The highest BCUT2D eigenvalue weighted by Crippen LogP contribution is 2.21. The molecule has 1 atom stereocenters. The topological polar surface area (TPSA) is 75.6 Å². The average molecular weight is 362 g/mol. The Bertz CT molecular complexity index is 776. The van der Waals surface area contributed by atoms with E-state index in [0.717, 1.165) is 11.1 Å². The molecule has 0 fully saturated rings. The maximum Gasteiger partial charge on any atom is 0.308 e. The number of ether oxygens (including phenoxy) is 1. The molecule has 2 rings (SSSR count). The summed E-state index contributed by atoms with van der Waals surface area (Å²) in [6, 6.07) is 12.3. The Morgan fingerprint density at radius 1 is 1.24 bits per heavy atom. The highest BCUT2D eigenvalue weighted by molar-refractivity contribution is 6.31. The summed E-state index contributed by atoms with van der Waals surface area (Å²) in [7, 11) is 1.54. The first kappa shape index (κ1) is 18.8. The van der Waals surface area contributed by atoms with Crippen LogP contribution in [0.3, 0.4) is 0 Å². The van der Waals surface area contributed by atoms with E-state index in [1.54, 1.807) is 31.2 Å². The minimum atomic E-state index is -0.978. The van der Waals surface area contributed by atoms with Crippen LogP contribution in [0, 0.1) is 12.8 Å². The first-order valence-electron chi connectivity index (χ1n) is 7.81. The van der Waals surface area contributed by atoms with E-state index in [1.165, 1.54) is 7.11 Å². The average Bonchev–Trinajstić information content (AvgIpc) is 2.60. The highest BCUT2D eigenvalue weighted by Gasteiger charge is 2.21. The molecule has 132 valence electrons. The van der Waals surface area contributed by atoms with Crippen LogP contribution in [-0.2, 0) is 11.2 Å². The standard InChI is InChI=1S/C19H20ClNO4/c1-12-7-8-15(20)10-16(12)18(22)21-11-14(19(23)24)9-13-5-3-4-6-17(13)25-2/h3-8,10,14H,9,11H2,1-2H3,(H,21,22)(H,23,24). The maximum atomic E-state index is 12.3.